The van der Waals surface area contributed by atoms with Gasteiger partial charge in [0, 0.05) is 6.54 Å². The lowest BCUT2D eigenvalue weighted by Gasteiger charge is -2.04. The van der Waals surface area contributed by atoms with Crippen LogP contribution in [0.5, 0.6) is 0 Å². The van der Waals surface area contributed by atoms with Crippen LogP contribution < -0.4 is 5.32 Å². The Morgan fingerprint density at radius 2 is 2.35 bits per heavy atom. The van der Waals surface area contributed by atoms with E-state index in [2.05, 4.69) is 16.4 Å². The van der Waals surface area contributed by atoms with Gasteiger partial charge in [-0.3, -0.25) is 4.79 Å². The van der Waals surface area contributed by atoms with Crippen molar-refractivity contribution in [3.8, 4) is 0 Å². The zero-order valence-electron chi connectivity index (χ0n) is 9.64. The second-order valence-electron chi connectivity index (χ2n) is 3.92. The summed E-state index contributed by atoms with van der Waals surface area (Å²) in [6.07, 6.45) is 3.05. The summed E-state index contributed by atoms with van der Waals surface area (Å²) in [5.74, 6) is -0.0552. The summed E-state index contributed by atoms with van der Waals surface area (Å²) in [6, 6.07) is 8.05. The summed E-state index contributed by atoms with van der Waals surface area (Å²) in [4.78, 5) is 15.5. The van der Waals surface area contributed by atoms with Crippen LogP contribution in [-0.2, 0) is 17.8 Å². The lowest BCUT2D eigenvalue weighted by molar-refractivity contribution is -0.120. The Balaban J connectivity index is 1.84. The van der Waals surface area contributed by atoms with E-state index in [0.717, 1.165) is 5.56 Å². The predicted octanol–water partition coefficient (Wildman–Crippen LogP) is 1.84. The van der Waals surface area contributed by atoms with Crippen LogP contribution in [0.3, 0.4) is 0 Å². The number of carbonyl (C=O) groups is 1. The number of oxazole rings is 1. The average molecular weight is 230 g/mol. The Labute approximate surface area is 99.7 Å². The molecule has 1 heterocycles. The number of hydrogen-bond acceptors (Lipinski definition) is 3. The Morgan fingerprint density at radius 1 is 1.47 bits per heavy atom. The van der Waals surface area contributed by atoms with Gasteiger partial charge in [-0.25, -0.2) is 4.98 Å². The lowest BCUT2D eigenvalue weighted by Crippen LogP contribution is -2.24. The molecule has 0 aliphatic carbocycles. The van der Waals surface area contributed by atoms with E-state index in [-0.39, 0.29) is 12.3 Å². The van der Waals surface area contributed by atoms with Crippen molar-refractivity contribution in [1.29, 1.82) is 0 Å². The van der Waals surface area contributed by atoms with E-state index in [0.29, 0.717) is 12.2 Å². The van der Waals surface area contributed by atoms with Gasteiger partial charge in [0.1, 0.15) is 6.26 Å². The highest BCUT2D eigenvalue weighted by Crippen LogP contribution is 2.03. The molecule has 0 aliphatic rings. The molecule has 0 fully saturated rings. The number of aryl methyl sites for hydroxylation is 1. The van der Waals surface area contributed by atoms with Crippen LogP contribution in [0, 0.1) is 6.92 Å². The third kappa shape index (κ3) is 3.45. The van der Waals surface area contributed by atoms with Crippen molar-refractivity contribution < 1.29 is 9.21 Å². The first-order chi connectivity index (χ1) is 8.24. The molecule has 0 saturated carbocycles. The first-order valence-corrected chi connectivity index (χ1v) is 5.43. The maximum absolute atomic E-state index is 11.6. The molecule has 0 saturated heterocycles. The topological polar surface area (TPSA) is 55.1 Å². The van der Waals surface area contributed by atoms with Gasteiger partial charge in [-0.1, -0.05) is 29.8 Å². The normalized spacial score (nSPS) is 10.2. The molecule has 88 valence electrons. The van der Waals surface area contributed by atoms with E-state index >= 15 is 0 Å². The maximum atomic E-state index is 11.6. The molecule has 0 bridgehead atoms. The highest BCUT2D eigenvalue weighted by Gasteiger charge is 2.05. The molecule has 2 rings (SSSR count). The number of aromatic nitrogens is 1. The smallest absolute Gasteiger partial charge is 0.226 e. The molecule has 1 N–H and O–H groups in total. The summed E-state index contributed by atoms with van der Waals surface area (Å²) in [5, 5.41) is 2.84. The summed E-state index contributed by atoms with van der Waals surface area (Å²) in [6.45, 7) is 2.57. The first kappa shape index (κ1) is 11.4. The van der Waals surface area contributed by atoms with E-state index in [1.807, 2.05) is 25.1 Å². The van der Waals surface area contributed by atoms with Crippen molar-refractivity contribution in [2.45, 2.75) is 19.9 Å². The van der Waals surface area contributed by atoms with Crippen molar-refractivity contribution in [3.63, 3.8) is 0 Å². The van der Waals surface area contributed by atoms with Gasteiger partial charge in [0.25, 0.3) is 0 Å². The van der Waals surface area contributed by atoms with E-state index in [1.54, 1.807) is 0 Å². The number of amides is 1. The molecule has 1 amide bonds. The molecule has 0 unspecified atom stereocenters. The molecule has 0 aliphatic heterocycles. The highest BCUT2D eigenvalue weighted by molar-refractivity contribution is 5.77. The van der Waals surface area contributed by atoms with Crippen LogP contribution in [0.15, 0.2) is 41.3 Å². The fourth-order valence-electron chi connectivity index (χ4n) is 1.57. The maximum Gasteiger partial charge on any atom is 0.226 e. The Morgan fingerprint density at radius 3 is 3.06 bits per heavy atom. The van der Waals surface area contributed by atoms with Crippen molar-refractivity contribution in [1.82, 2.24) is 10.3 Å². The zero-order chi connectivity index (χ0) is 12.1. The van der Waals surface area contributed by atoms with Gasteiger partial charge in [-0.05, 0) is 12.5 Å². The van der Waals surface area contributed by atoms with Crippen LogP contribution in [0.4, 0.5) is 0 Å². The Kier molecular flexibility index (Phi) is 3.55. The van der Waals surface area contributed by atoms with Crippen LogP contribution in [0.1, 0.15) is 16.8 Å². The minimum absolute atomic E-state index is 0.0552. The van der Waals surface area contributed by atoms with E-state index < -0.39 is 0 Å². The number of nitrogens with one attached hydrogen (secondary N) is 1. The quantitative estimate of drug-likeness (QED) is 0.872. The molecular weight excluding hydrogens is 216 g/mol. The van der Waals surface area contributed by atoms with Crippen LogP contribution in [-0.4, -0.2) is 10.9 Å². The SMILES string of the molecule is Cc1cccc(CNC(=O)Cc2cocn2)c1. The average Bonchev–Trinajstić information content (AvgIpc) is 2.79. The molecule has 1 aromatic carbocycles. The van der Waals surface area contributed by atoms with Crippen molar-refractivity contribution in [3.05, 3.63) is 53.7 Å². The first-order valence-electron chi connectivity index (χ1n) is 5.43. The van der Waals surface area contributed by atoms with Crippen LogP contribution in [0.2, 0.25) is 0 Å². The van der Waals surface area contributed by atoms with Gasteiger partial charge in [-0.2, -0.15) is 0 Å². The Hall–Kier alpha value is -2.10. The summed E-state index contributed by atoms with van der Waals surface area (Å²) < 4.78 is 4.80. The molecule has 4 heteroatoms. The lowest BCUT2D eigenvalue weighted by atomic mass is 10.1. The molecule has 1 aromatic heterocycles. The van der Waals surface area contributed by atoms with Gasteiger partial charge in [0.15, 0.2) is 6.39 Å². The molecule has 4 nitrogen and oxygen atoms in total. The second-order valence-corrected chi connectivity index (χ2v) is 3.92. The van der Waals surface area contributed by atoms with Crippen molar-refractivity contribution >= 4 is 5.91 Å². The summed E-state index contributed by atoms with van der Waals surface area (Å²) in [5.41, 5.74) is 2.93. The highest BCUT2D eigenvalue weighted by atomic mass is 16.3. The fourth-order valence-corrected chi connectivity index (χ4v) is 1.57. The zero-order valence-corrected chi connectivity index (χ0v) is 9.64. The number of nitrogens with zero attached hydrogens (tertiary/aromatic N) is 1. The van der Waals surface area contributed by atoms with Crippen molar-refractivity contribution in [2.75, 3.05) is 0 Å². The number of hydrogen-bond donors (Lipinski definition) is 1. The minimum Gasteiger partial charge on any atom is -0.451 e. The molecule has 0 radical (unpaired) electrons. The van der Waals surface area contributed by atoms with Crippen LogP contribution >= 0.6 is 0 Å². The van der Waals surface area contributed by atoms with Gasteiger partial charge in [0.05, 0.1) is 12.1 Å². The van der Waals surface area contributed by atoms with E-state index in [9.17, 15) is 4.79 Å². The second kappa shape index (κ2) is 5.30. The largest absolute Gasteiger partial charge is 0.451 e. The number of carbonyl (C=O) groups excluding carboxylic acids is 1. The molecule has 0 atom stereocenters. The van der Waals surface area contributed by atoms with Crippen LogP contribution in [0.25, 0.3) is 0 Å². The van der Waals surface area contributed by atoms with Gasteiger partial charge in [-0.15, -0.1) is 0 Å². The summed E-state index contributed by atoms with van der Waals surface area (Å²) in [7, 11) is 0. The van der Waals surface area contributed by atoms with E-state index in [1.165, 1.54) is 18.2 Å². The minimum atomic E-state index is -0.0552. The number of benzene rings is 1. The molecule has 17 heavy (non-hydrogen) atoms. The monoisotopic (exact) mass is 230 g/mol. The standard InChI is InChI=1S/C13H14N2O2/c1-10-3-2-4-11(5-10)7-14-13(16)6-12-8-17-9-15-12/h2-5,8-9H,6-7H2,1H3,(H,14,16). The molecule has 0 spiro atoms. The molecular formula is C13H14N2O2. The van der Waals surface area contributed by atoms with Gasteiger partial charge < -0.3 is 9.73 Å². The molecule has 2 aromatic rings. The van der Waals surface area contributed by atoms with Crippen molar-refractivity contribution in [2.24, 2.45) is 0 Å². The third-order valence-corrected chi connectivity index (χ3v) is 2.40. The Bertz CT molecular complexity index is 492. The van der Waals surface area contributed by atoms with Gasteiger partial charge >= 0.3 is 0 Å². The predicted molar refractivity (Wildman–Crippen MR) is 63.2 cm³/mol. The van der Waals surface area contributed by atoms with Gasteiger partial charge in [0.2, 0.25) is 5.91 Å². The number of rotatable bonds is 4. The van der Waals surface area contributed by atoms with E-state index in [4.69, 9.17) is 4.42 Å². The summed E-state index contributed by atoms with van der Waals surface area (Å²) >= 11 is 0. The third-order valence-electron chi connectivity index (χ3n) is 2.40. The fraction of sp³-hybridized carbons (Fsp3) is 0.231.